The molecule has 1 atom stereocenters. The molecule has 6 heteroatoms. The predicted octanol–water partition coefficient (Wildman–Crippen LogP) is 1.19. The number of nitrogens with two attached hydrogens (primary N) is 1. The number of aromatic nitrogens is 2. The highest BCUT2D eigenvalue weighted by molar-refractivity contribution is 5.08. The summed E-state index contributed by atoms with van der Waals surface area (Å²) in [6, 6.07) is 0. The van der Waals surface area contributed by atoms with Crippen LogP contribution in [0.2, 0.25) is 0 Å². The topological polar surface area (TPSA) is 77.4 Å². The minimum atomic E-state index is -0.386. The van der Waals surface area contributed by atoms with Gasteiger partial charge in [0.15, 0.2) is 0 Å². The van der Waals surface area contributed by atoms with E-state index in [4.69, 9.17) is 15.0 Å². The van der Waals surface area contributed by atoms with Crippen molar-refractivity contribution in [2.24, 2.45) is 5.73 Å². The van der Waals surface area contributed by atoms with Gasteiger partial charge in [0, 0.05) is 13.1 Å². The van der Waals surface area contributed by atoms with Crippen LogP contribution >= 0.6 is 0 Å². The molecule has 0 bridgehead atoms. The molecule has 2 heterocycles. The third kappa shape index (κ3) is 2.52. The summed E-state index contributed by atoms with van der Waals surface area (Å²) in [6.45, 7) is 5.82. The van der Waals surface area contributed by atoms with Crippen LogP contribution in [0.25, 0.3) is 0 Å². The van der Waals surface area contributed by atoms with Crippen LogP contribution in [0.1, 0.15) is 50.4 Å². The van der Waals surface area contributed by atoms with E-state index in [0.717, 1.165) is 51.9 Å². The Kier molecular flexibility index (Phi) is 3.56. The fraction of sp³-hybridized carbons (Fsp3) is 0.846. The van der Waals surface area contributed by atoms with Crippen molar-refractivity contribution in [2.75, 3.05) is 26.2 Å². The third-order valence-corrected chi connectivity index (χ3v) is 4.09. The molecule has 106 valence electrons. The maximum Gasteiger partial charge on any atom is 0.246 e. The fourth-order valence-corrected chi connectivity index (χ4v) is 2.72. The van der Waals surface area contributed by atoms with Crippen molar-refractivity contribution >= 4 is 0 Å². The van der Waals surface area contributed by atoms with E-state index in [1.807, 2.05) is 0 Å². The summed E-state index contributed by atoms with van der Waals surface area (Å²) in [4.78, 5) is 6.85. The van der Waals surface area contributed by atoms with Gasteiger partial charge in [-0.3, -0.25) is 4.90 Å². The summed E-state index contributed by atoms with van der Waals surface area (Å²) >= 11 is 0. The average molecular weight is 266 g/mol. The number of hydrogen-bond donors (Lipinski definition) is 1. The van der Waals surface area contributed by atoms with E-state index in [9.17, 15) is 0 Å². The van der Waals surface area contributed by atoms with E-state index >= 15 is 0 Å². The van der Waals surface area contributed by atoms with Crippen LogP contribution in [0.5, 0.6) is 0 Å². The Morgan fingerprint density at radius 2 is 2.32 bits per heavy atom. The molecule has 1 aliphatic carbocycles. The third-order valence-electron chi connectivity index (χ3n) is 4.09. The number of ether oxygens (including phenoxy) is 1. The molecule has 6 nitrogen and oxygen atoms in total. The van der Waals surface area contributed by atoms with Gasteiger partial charge in [-0.15, -0.1) is 0 Å². The van der Waals surface area contributed by atoms with Crippen LogP contribution in [0.3, 0.4) is 0 Å². The average Bonchev–Trinajstić information content (AvgIpc) is 2.87. The smallest absolute Gasteiger partial charge is 0.246 e. The second kappa shape index (κ2) is 5.19. The maximum absolute atomic E-state index is 6.19. The first-order chi connectivity index (χ1) is 9.21. The molecule has 1 aliphatic heterocycles. The summed E-state index contributed by atoms with van der Waals surface area (Å²) in [5.74, 6) is 1.22. The van der Waals surface area contributed by atoms with Crippen molar-refractivity contribution in [3.05, 3.63) is 11.7 Å². The number of hydrogen-bond acceptors (Lipinski definition) is 6. The van der Waals surface area contributed by atoms with Gasteiger partial charge in [0.2, 0.25) is 11.7 Å². The number of morpholine rings is 1. The lowest BCUT2D eigenvalue weighted by molar-refractivity contribution is -0.0350. The Labute approximate surface area is 113 Å². The molecule has 0 amide bonds. The zero-order valence-electron chi connectivity index (χ0n) is 11.5. The van der Waals surface area contributed by atoms with Crippen molar-refractivity contribution in [2.45, 2.75) is 44.2 Å². The highest BCUT2D eigenvalue weighted by Crippen LogP contribution is 2.38. The first-order valence-electron chi connectivity index (χ1n) is 7.18. The Morgan fingerprint density at radius 1 is 1.47 bits per heavy atom. The Hall–Kier alpha value is -0.980. The molecule has 0 radical (unpaired) electrons. The van der Waals surface area contributed by atoms with Crippen LogP contribution < -0.4 is 5.73 Å². The summed E-state index contributed by atoms with van der Waals surface area (Å²) in [5, 5.41) is 4.06. The summed E-state index contributed by atoms with van der Waals surface area (Å²) in [7, 11) is 0. The van der Waals surface area contributed by atoms with Crippen molar-refractivity contribution in [3.63, 3.8) is 0 Å². The van der Waals surface area contributed by atoms with Gasteiger partial charge in [0.05, 0.1) is 12.1 Å². The van der Waals surface area contributed by atoms with Crippen LogP contribution in [-0.4, -0.2) is 41.3 Å². The quantitative estimate of drug-likeness (QED) is 0.882. The summed E-state index contributed by atoms with van der Waals surface area (Å²) in [5.41, 5.74) is 5.81. The van der Waals surface area contributed by atoms with Crippen LogP contribution in [-0.2, 0) is 10.3 Å². The maximum atomic E-state index is 6.19. The van der Waals surface area contributed by atoms with Crippen LogP contribution in [0.4, 0.5) is 0 Å². The largest absolute Gasteiger partial charge is 0.367 e. The van der Waals surface area contributed by atoms with Gasteiger partial charge in [-0.1, -0.05) is 12.1 Å². The Bertz CT molecular complexity index is 428. The minimum absolute atomic E-state index is 0.0820. The van der Waals surface area contributed by atoms with Gasteiger partial charge >= 0.3 is 0 Å². The first kappa shape index (κ1) is 13.0. The van der Waals surface area contributed by atoms with E-state index in [1.54, 1.807) is 0 Å². The molecule has 1 unspecified atom stereocenters. The normalized spacial score (nSPS) is 27.2. The molecule has 1 saturated carbocycles. The van der Waals surface area contributed by atoms with Crippen molar-refractivity contribution in [3.8, 4) is 0 Å². The van der Waals surface area contributed by atoms with Gasteiger partial charge < -0.3 is 15.0 Å². The fourth-order valence-electron chi connectivity index (χ4n) is 2.72. The lowest BCUT2D eigenvalue weighted by atomic mass is 9.78. The highest BCUT2D eigenvalue weighted by Gasteiger charge is 2.40. The molecule has 1 aromatic heterocycles. The highest BCUT2D eigenvalue weighted by atomic mass is 16.5. The molecule has 2 N–H and O–H groups in total. The molecule has 1 saturated heterocycles. The zero-order chi connectivity index (χ0) is 13.3. The van der Waals surface area contributed by atoms with Crippen molar-refractivity contribution < 1.29 is 9.26 Å². The van der Waals surface area contributed by atoms with Gasteiger partial charge in [-0.05, 0) is 32.2 Å². The molecule has 1 aromatic rings. The molecule has 0 aromatic carbocycles. The predicted molar refractivity (Wildman–Crippen MR) is 69.4 cm³/mol. The summed E-state index contributed by atoms with van der Waals surface area (Å²) in [6.07, 6.45) is 4.07. The Morgan fingerprint density at radius 3 is 3.00 bits per heavy atom. The number of nitrogens with zero attached hydrogens (tertiary/aromatic N) is 3. The Balaban J connectivity index is 1.68. The van der Waals surface area contributed by atoms with Gasteiger partial charge in [-0.25, -0.2) is 0 Å². The van der Waals surface area contributed by atoms with E-state index in [-0.39, 0.29) is 11.6 Å². The molecular weight excluding hydrogens is 244 g/mol. The van der Waals surface area contributed by atoms with E-state index < -0.39 is 0 Å². The SMILES string of the molecule is CCCN1CCOC(c2noc(C3(N)CCC3)n2)C1. The molecule has 19 heavy (non-hydrogen) atoms. The van der Waals surface area contributed by atoms with E-state index in [0.29, 0.717) is 11.7 Å². The van der Waals surface area contributed by atoms with Crippen molar-refractivity contribution in [1.29, 1.82) is 0 Å². The van der Waals surface area contributed by atoms with Crippen LogP contribution in [0, 0.1) is 0 Å². The minimum Gasteiger partial charge on any atom is -0.367 e. The second-order valence-electron chi connectivity index (χ2n) is 5.63. The summed E-state index contributed by atoms with van der Waals surface area (Å²) < 4.78 is 11.1. The molecule has 0 spiro atoms. The van der Waals surface area contributed by atoms with Crippen molar-refractivity contribution in [1.82, 2.24) is 15.0 Å². The molecule has 2 aliphatic rings. The van der Waals surface area contributed by atoms with Gasteiger partial charge in [-0.2, -0.15) is 4.98 Å². The van der Waals surface area contributed by atoms with E-state index in [1.165, 1.54) is 0 Å². The van der Waals surface area contributed by atoms with Gasteiger partial charge in [0.25, 0.3) is 0 Å². The standard InChI is InChI=1S/C13H22N4O2/c1-2-6-17-7-8-18-10(9-17)11-15-12(19-16-11)13(14)4-3-5-13/h10H,2-9,14H2,1H3. The monoisotopic (exact) mass is 266 g/mol. The molecule has 2 fully saturated rings. The van der Waals surface area contributed by atoms with E-state index in [2.05, 4.69) is 22.0 Å². The molecular formula is C13H22N4O2. The lowest BCUT2D eigenvalue weighted by Crippen LogP contribution is -2.43. The zero-order valence-corrected chi connectivity index (χ0v) is 11.5. The molecule has 3 rings (SSSR count). The number of rotatable bonds is 4. The van der Waals surface area contributed by atoms with Crippen LogP contribution in [0.15, 0.2) is 4.52 Å². The van der Waals surface area contributed by atoms with Gasteiger partial charge in [0.1, 0.15) is 6.10 Å². The second-order valence-corrected chi connectivity index (χ2v) is 5.63. The first-order valence-corrected chi connectivity index (χ1v) is 7.18. The lowest BCUT2D eigenvalue weighted by Gasteiger charge is -2.34.